The average Bonchev–Trinajstić information content (AvgIpc) is 3.17. The maximum atomic E-state index is 12.7. The van der Waals surface area contributed by atoms with Gasteiger partial charge < -0.3 is 0 Å². The largest absolute Gasteiger partial charge is 0.416 e. The third kappa shape index (κ3) is 2.89. The van der Waals surface area contributed by atoms with Crippen LogP contribution in [0.2, 0.25) is 0 Å². The summed E-state index contributed by atoms with van der Waals surface area (Å²) in [4.78, 5) is 12.0. The summed E-state index contributed by atoms with van der Waals surface area (Å²) in [5.74, 6) is -0.858. The van der Waals surface area contributed by atoms with Crippen LogP contribution in [0.3, 0.4) is 0 Å². The van der Waals surface area contributed by atoms with Crippen molar-refractivity contribution < 1.29 is 18.0 Å². The second-order valence-corrected chi connectivity index (χ2v) is 5.47. The Labute approximate surface area is 128 Å². The molecule has 2 aromatic rings. The van der Waals surface area contributed by atoms with Crippen LogP contribution >= 0.6 is 12.2 Å². The van der Waals surface area contributed by atoms with Crippen molar-refractivity contribution in [1.29, 1.82) is 0 Å². The molecule has 1 aromatic carbocycles. The van der Waals surface area contributed by atoms with Gasteiger partial charge in [-0.15, -0.1) is 0 Å². The molecule has 0 bridgehead atoms. The van der Waals surface area contributed by atoms with E-state index in [0.29, 0.717) is 12.0 Å². The predicted molar refractivity (Wildman–Crippen MR) is 74.1 cm³/mol. The van der Waals surface area contributed by atoms with E-state index in [-0.39, 0.29) is 22.5 Å². The first-order chi connectivity index (χ1) is 10.4. The Balaban J connectivity index is 1.71. The van der Waals surface area contributed by atoms with Crippen molar-refractivity contribution in [3.8, 4) is 0 Å². The number of rotatable bonds is 3. The van der Waals surface area contributed by atoms with Crippen LogP contribution in [0.25, 0.3) is 0 Å². The molecule has 2 atom stereocenters. The molecule has 0 unspecified atom stereocenters. The van der Waals surface area contributed by atoms with Gasteiger partial charge in [-0.25, -0.2) is 4.68 Å². The average molecular weight is 328 g/mol. The maximum absolute atomic E-state index is 12.7. The molecule has 0 aliphatic heterocycles. The van der Waals surface area contributed by atoms with Gasteiger partial charge in [0, 0.05) is 5.92 Å². The molecule has 0 spiro atoms. The Morgan fingerprint density at radius 3 is 2.86 bits per heavy atom. The highest BCUT2D eigenvalue weighted by Crippen LogP contribution is 2.48. The fourth-order valence-corrected chi connectivity index (χ4v) is 2.47. The number of hydrogen-bond donors (Lipinski definition) is 2. The van der Waals surface area contributed by atoms with Gasteiger partial charge in [0.15, 0.2) is 0 Å². The second kappa shape index (κ2) is 5.24. The second-order valence-electron chi connectivity index (χ2n) is 5.08. The van der Waals surface area contributed by atoms with Gasteiger partial charge in [-0.1, -0.05) is 18.2 Å². The molecule has 3 rings (SSSR count). The Hall–Kier alpha value is -2.16. The molecule has 0 radical (unpaired) electrons. The molecule has 1 heterocycles. The summed E-state index contributed by atoms with van der Waals surface area (Å²) in [6.07, 6.45) is -2.55. The van der Waals surface area contributed by atoms with Crippen LogP contribution in [0.4, 0.5) is 13.2 Å². The third-order valence-electron chi connectivity index (χ3n) is 3.55. The zero-order chi connectivity index (χ0) is 15.9. The standard InChI is InChI=1S/C13H11F3N4OS/c14-13(15,16)8-3-1-2-7(4-8)9-5-10(9)11(21)19-20-6-17-18-12(20)22/h1-4,6,9-10H,5H2,(H,18,22)(H,19,21)/t9-,10+/m1/s1. The van der Waals surface area contributed by atoms with E-state index in [1.165, 1.54) is 17.1 Å². The molecule has 2 N–H and O–H groups in total. The molecule has 1 aromatic heterocycles. The van der Waals surface area contributed by atoms with Crippen LogP contribution < -0.4 is 5.43 Å². The lowest BCUT2D eigenvalue weighted by atomic mass is 10.1. The molecule has 1 amide bonds. The van der Waals surface area contributed by atoms with Gasteiger partial charge in [-0.3, -0.25) is 15.3 Å². The summed E-state index contributed by atoms with van der Waals surface area (Å²) in [6.45, 7) is 0. The van der Waals surface area contributed by atoms with E-state index in [2.05, 4.69) is 15.6 Å². The fraction of sp³-hybridized carbons (Fsp3) is 0.308. The minimum absolute atomic E-state index is 0.205. The number of benzene rings is 1. The molecule has 5 nitrogen and oxygen atoms in total. The zero-order valence-corrected chi connectivity index (χ0v) is 11.9. The molecular formula is C13H11F3N4OS. The lowest BCUT2D eigenvalue weighted by Gasteiger charge is -2.08. The predicted octanol–water partition coefficient (Wildman–Crippen LogP) is 2.83. The third-order valence-corrected chi connectivity index (χ3v) is 3.84. The first kappa shape index (κ1) is 14.8. The molecule has 116 valence electrons. The molecule has 0 saturated heterocycles. The SMILES string of the molecule is O=C(Nn1cn[nH]c1=S)[C@H]1C[C@@H]1c1cccc(C(F)(F)F)c1. The summed E-state index contributed by atoms with van der Waals surface area (Å²) < 4.78 is 39.6. The summed E-state index contributed by atoms with van der Waals surface area (Å²) in [5.41, 5.74) is 2.37. The van der Waals surface area contributed by atoms with Gasteiger partial charge in [-0.05, 0) is 36.2 Å². The highest BCUT2D eigenvalue weighted by Gasteiger charge is 2.45. The van der Waals surface area contributed by atoms with Crippen molar-refractivity contribution in [2.45, 2.75) is 18.5 Å². The molecule has 1 fully saturated rings. The monoisotopic (exact) mass is 328 g/mol. The highest BCUT2D eigenvalue weighted by atomic mass is 32.1. The molecule has 22 heavy (non-hydrogen) atoms. The van der Waals surface area contributed by atoms with Gasteiger partial charge in [0.25, 0.3) is 0 Å². The van der Waals surface area contributed by atoms with E-state index in [4.69, 9.17) is 12.2 Å². The first-order valence-corrected chi connectivity index (χ1v) is 6.87. The van der Waals surface area contributed by atoms with Gasteiger partial charge in [0.05, 0.1) is 5.56 Å². The number of H-pyrrole nitrogens is 1. The van der Waals surface area contributed by atoms with Crippen molar-refractivity contribution in [2.24, 2.45) is 5.92 Å². The topological polar surface area (TPSA) is 62.7 Å². The Kier molecular flexibility index (Phi) is 3.51. The van der Waals surface area contributed by atoms with Crippen molar-refractivity contribution in [1.82, 2.24) is 14.9 Å². The van der Waals surface area contributed by atoms with Crippen LogP contribution in [-0.2, 0) is 11.0 Å². The van der Waals surface area contributed by atoms with Crippen LogP contribution in [0.5, 0.6) is 0 Å². The number of carbonyl (C=O) groups excluding carboxylic acids is 1. The summed E-state index contributed by atoms with van der Waals surface area (Å²) in [5, 5.41) is 6.15. The zero-order valence-electron chi connectivity index (χ0n) is 11.1. The van der Waals surface area contributed by atoms with Crippen molar-refractivity contribution in [2.75, 3.05) is 5.43 Å². The number of nitrogens with one attached hydrogen (secondary N) is 2. The Morgan fingerprint density at radius 1 is 1.45 bits per heavy atom. The smallest absolute Gasteiger partial charge is 0.273 e. The van der Waals surface area contributed by atoms with E-state index in [1.807, 2.05) is 0 Å². The van der Waals surface area contributed by atoms with Crippen LogP contribution in [0, 0.1) is 10.7 Å². The fourth-order valence-electron chi connectivity index (χ4n) is 2.33. The lowest BCUT2D eigenvalue weighted by Crippen LogP contribution is -2.24. The summed E-state index contributed by atoms with van der Waals surface area (Å²) in [7, 11) is 0. The molecule has 1 aliphatic rings. The van der Waals surface area contributed by atoms with Crippen LogP contribution in [0.1, 0.15) is 23.5 Å². The maximum Gasteiger partial charge on any atom is 0.416 e. The Morgan fingerprint density at radius 2 is 2.23 bits per heavy atom. The Bertz CT molecular complexity index is 767. The van der Waals surface area contributed by atoms with E-state index in [9.17, 15) is 18.0 Å². The minimum Gasteiger partial charge on any atom is -0.273 e. The number of amides is 1. The first-order valence-electron chi connectivity index (χ1n) is 6.46. The van der Waals surface area contributed by atoms with Crippen LogP contribution in [0.15, 0.2) is 30.6 Å². The summed E-state index contributed by atoms with van der Waals surface area (Å²) in [6, 6.07) is 5.08. The highest BCUT2D eigenvalue weighted by molar-refractivity contribution is 7.71. The molecule has 1 saturated carbocycles. The lowest BCUT2D eigenvalue weighted by molar-refractivity contribution is -0.137. The molecular weight excluding hydrogens is 317 g/mol. The van der Waals surface area contributed by atoms with E-state index >= 15 is 0 Å². The van der Waals surface area contributed by atoms with E-state index < -0.39 is 11.7 Å². The number of halogens is 3. The van der Waals surface area contributed by atoms with E-state index in [0.717, 1.165) is 12.1 Å². The molecule has 9 heteroatoms. The van der Waals surface area contributed by atoms with Crippen molar-refractivity contribution >= 4 is 18.1 Å². The normalized spacial score (nSPS) is 20.7. The number of aromatic amines is 1. The molecule has 1 aliphatic carbocycles. The summed E-state index contributed by atoms with van der Waals surface area (Å²) >= 11 is 4.90. The number of hydrogen-bond acceptors (Lipinski definition) is 3. The van der Waals surface area contributed by atoms with Gasteiger partial charge >= 0.3 is 6.18 Å². The van der Waals surface area contributed by atoms with E-state index in [1.54, 1.807) is 6.07 Å². The number of carbonyl (C=O) groups is 1. The van der Waals surface area contributed by atoms with Crippen LogP contribution in [-0.4, -0.2) is 20.8 Å². The van der Waals surface area contributed by atoms with Gasteiger partial charge in [0.2, 0.25) is 10.7 Å². The van der Waals surface area contributed by atoms with Crippen molar-refractivity contribution in [3.63, 3.8) is 0 Å². The minimum atomic E-state index is -4.38. The van der Waals surface area contributed by atoms with Gasteiger partial charge in [-0.2, -0.15) is 18.3 Å². The van der Waals surface area contributed by atoms with Crippen molar-refractivity contribution in [3.05, 3.63) is 46.5 Å². The number of nitrogens with zero attached hydrogens (tertiary/aromatic N) is 2. The quantitative estimate of drug-likeness (QED) is 0.852. The number of aromatic nitrogens is 3. The number of alkyl halides is 3. The van der Waals surface area contributed by atoms with Gasteiger partial charge in [0.1, 0.15) is 6.33 Å².